The van der Waals surface area contributed by atoms with Crippen molar-refractivity contribution in [3.8, 4) is 0 Å². The number of alkyl halides is 1. The molecule has 4 heteroatoms. The highest BCUT2D eigenvalue weighted by Crippen LogP contribution is 2.11. The molecule has 1 unspecified atom stereocenters. The zero-order chi connectivity index (χ0) is 12.0. The van der Waals surface area contributed by atoms with Crippen molar-refractivity contribution in [1.29, 1.82) is 0 Å². The predicted octanol–water partition coefficient (Wildman–Crippen LogP) is 1.54. The van der Waals surface area contributed by atoms with Gasteiger partial charge in [-0.1, -0.05) is 24.3 Å². The lowest BCUT2D eigenvalue weighted by Crippen LogP contribution is -2.18. The fourth-order valence-corrected chi connectivity index (χ4v) is 1.66. The van der Waals surface area contributed by atoms with E-state index in [9.17, 15) is 4.79 Å². The molecule has 1 aromatic carbocycles. The Balaban J connectivity index is 2.58. The maximum Gasteiger partial charge on any atom is 0.324 e. The molecule has 0 fully saturated rings. The van der Waals surface area contributed by atoms with Crippen molar-refractivity contribution in [2.45, 2.75) is 18.2 Å². The number of methoxy groups -OCH3 is 1. The largest absolute Gasteiger partial charge is 0.468 e. The molecule has 1 rings (SSSR count). The highest BCUT2D eigenvalue weighted by molar-refractivity contribution is 6.30. The molecular formula is C12H15ClO3. The third-order valence-corrected chi connectivity index (χ3v) is 2.63. The first-order valence-electron chi connectivity index (χ1n) is 5.08. The van der Waals surface area contributed by atoms with Crippen LogP contribution < -0.4 is 0 Å². The minimum absolute atomic E-state index is 0.139. The van der Waals surface area contributed by atoms with Gasteiger partial charge in [0.1, 0.15) is 5.38 Å². The molecular weight excluding hydrogens is 228 g/mol. The summed E-state index contributed by atoms with van der Waals surface area (Å²) in [7, 11) is 1.32. The smallest absolute Gasteiger partial charge is 0.324 e. The van der Waals surface area contributed by atoms with Crippen LogP contribution >= 0.6 is 11.6 Å². The molecule has 0 aromatic heterocycles. The number of ether oxygens (including phenoxy) is 1. The standard InChI is InChI=1S/C12H15ClO3/c1-16-12(15)11(13)8-10-4-2-9(3-5-10)6-7-14/h2-5,11,14H,6-8H2,1H3. The van der Waals surface area contributed by atoms with Gasteiger partial charge in [0.05, 0.1) is 7.11 Å². The normalized spacial score (nSPS) is 12.2. The number of aliphatic hydroxyl groups is 1. The Hall–Kier alpha value is -1.06. The highest BCUT2D eigenvalue weighted by atomic mass is 35.5. The number of rotatable bonds is 5. The molecule has 0 aliphatic rings. The third-order valence-electron chi connectivity index (χ3n) is 2.30. The van der Waals surface area contributed by atoms with E-state index in [-0.39, 0.29) is 6.61 Å². The van der Waals surface area contributed by atoms with Crippen LogP contribution in [0.5, 0.6) is 0 Å². The second-order valence-corrected chi connectivity index (χ2v) is 4.01. The molecule has 16 heavy (non-hydrogen) atoms. The summed E-state index contributed by atoms with van der Waals surface area (Å²) in [4.78, 5) is 11.1. The van der Waals surface area contributed by atoms with Gasteiger partial charge in [0.15, 0.2) is 0 Å². The van der Waals surface area contributed by atoms with E-state index in [1.165, 1.54) is 7.11 Å². The minimum atomic E-state index is -0.645. The molecule has 0 radical (unpaired) electrons. The van der Waals surface area contributed by atoms with Crippen LogP contribution in [-0.4, -0.2) is 30.2 Å². The average molecular weight is 243 g/mol. The summed E-state index contributed by atoms with van der Waals surface area (Å²) >= 11 is 5.85. The van der Waals surface area contributed by atoms with Crippen molar-refractivity contribution in [3.05, 3.63) is 35.4 Å². The van der Waals surface area contributed by atoms with Gasteiger partial charge in [-0.15, -0.1) is 11.6 Å². The van der Waals surface area contributed by atoms with E-state index in [1.54, 1.807) is 0 Å². The fourth-order valence-electron chi connectivity index (χ4n) is 1.39. The second-order valence-electron chi connectivity index (χ2n) is 3.48. The molecule has 0 heterocycles. The molecule has 0 spiro atoms. The lowest BCUT2D eigenvalue weighted by molar-refractivity contribution is -0.140. The van der Waals surface area contributed by atoms with Crippen molar-refractivity contribution in [2.24, 2.45) is 0 Å². The molecule has 0 saturated carbocycles. The molecule has 0 bridgehead atoms. The van der Waals surface area contributed by atoms with Gasteiger partial charge in [-0.3, -0.25) is 4.79 Å². The van der Waals surface area contributed by atoms with Gasteiger partial charge in [0, 0.05) is 6.61 Å². The van der Waals surface area contributed by atoms with Crippen LogP contribution in [-0.2, 0) is 22.4 Å². The summed E-state index contributed by atoms with van der Waals surface area (Å²) < 4.78 is 4.54. The molecule has 0 saturated heterocycles. The van der Waals surface area contributed by atoms with Gasteiger partial charge in [-0.25, -0.2) is 0 Å². The van der Waals surface area contributed by atoms with E-state index in [0.29, 0.717) is 12.8 Å². The number of esters is 1. The summed E-state index contributed by atoms with van der Waals surface area (Å²) in [6.45, 7) is 0.139. The Kier molecular flexibility index (Phi) is 5.29. The van der Waals surface area contributed by atoms with E-state index in [0.717, 1.165) is 11.1 Å². The Morgan fingerprint density at radius 3 is 2.44 bits per heavy atom. The molecule has 1 N–H and O–H groups in total. The summed E-state index contributed by atoms with van der Waals surface area (Å²) in [6.07, 6.45) is 1.09. The first-order chi connectivity index (χ1) is 7.67. The van der Waals surface area contributed by atoms with E-state index in [2.05, 4.69) is 4.74 Å². The van der Waals surface area contributed by atoms with Gasteiger partial charge < -0.3 is 9.84 Å². The van der Waals surface area contributed by atoms with Crippen LogP contribution in [0.25, 0.3) is 0 Å². The monoisotopic (exact) mass is 242 g/mol. The predicted molar refractivity (Wildman–Crippen MR) is 62.6 cm³/mol. The zero-order valence-corrected chi connectivity index (χ0v) is 9.91. The zero-order valence-electron chi connectivity index (χ0n) is 9.15. The van der Waals surface area contributed by atoms with E-state index in [4.69, 9.17) is 16.7 Å². The average Bonchev–Trinajstić information content (AvgIpc) is 2.31. The molecule has 3 nitrogen and oxygen atoms in total. The van der Waals surface area contributed by atoms with Crippen molar-refractivity contribution < 1.29 is 14.6 Å². The summed E-state index contributed by atoms with van der Waals surface area (Å²) in [5.74, 6) is -0.416. The van der Waals surface area contributed by atoms with Crippen LogP contribution in [0.2, 0.25) is 0 Å². The third kappa shape index (κ3) is 3.83. The first kappa shape index (κ1) is 13.0. The quantitative estimate of drug-likeness (QED) is 0.630. The van der Waals surface area contributed by atoms with Crippen LogP contribution in [0.15, 0.2) is 24.3 Å². The Morgan fingerprint density at radius 1 is 1.38 bits per heavy atom. The molecule has 88 valence electrons. The van der Waals surface area contributed by atoms with Gasteiger partial charge in [0.25, 0.3) is 0 Å². The SMILES string of the molecule is COC(=O)C(Cl)Cc1ccc(CCO)cc1. The Morgan fingerprint density at radius 2 is 1.94 bits per heavy atom. The number of benzene rings is 1. The lowest BCUT2D eigenvalue weighted by Gasteiger charge is -2.07. The van der Waals surface area contributed by atoms with Gasteiger partial charge >= 0.3 is 5.97 Å². The number of carbonyl (C=O) groups excluding carboxylic acids is 1. The molecule has 0 aliphatic carbocycles. The highest BCUT2D eigenvalue weighted by Gasteiger charge is 2.15. The fraction of sp³-hybridized carbons (Fsp3) is 0.417. The molecule has 1 aromatic rings. The van der Waals surface area contributed by atoms with Crippen molar-refractivity contribution >= 4 is 17.6 Å². The summed E-state index contributed by atoms with van der Waals surface area (Å²) in [5.41, 5.74) is 2.04. The van der Waals surface area contributed by atoms with Crippen molar-refractivity contribution in [3.63, 3.8) is 0 Å². The lowest BCUT2D eigenvalue weighted by atomic mass is 10.1. The molecule has 0 aliphatic heterocycles. The number of carbonyl (C=O) groups is 1. The van der Waals surface area contributed by atoms with Crippen molar-refractivity contribution in [1.82, 2.24) is 0 Å². The minimum Gasteiger partial charge on any atom is -0.468 e. The summed E-state index contributed by atoms with van der Waals surface area (Å²) in [5, 5.41) is 8.11. The van der Waals surface area contributed by atoms with Crippen LogP contribution in [0.3, 0.4) is 0 Å². The molecule has 0 amide bonds. The van der Waals surface area contributed by atoms with E-state index in [1.807, 2.05) is 24.3 Å². The maximum atomic E-state index is 11.1. The van der Waals surface area contributed by atoms with Crippen molar-refractivity contribution in [2.75, 3.05) is 13.7 Å². The van der Waals surface area contributed by atoms with Crippen LogP contribution in [0.1, 0.15) is 11.1 Å². The molecule has 1 atom stereocenters. The number of halogens is 1. The van der Waals surface area contributed by atoms with E-state index >= 15 is 0 Å². The van der Waals surface area contributed by atoms with Gasteiger partial charge in [-0.2, -0.15) is 0 Å². The Labute approximate surface area is 100.0 Å². The first-order valence-corrected chi connectivity index (χ1v) is 5.51. The number of hydrogen-bond acceptors (Lipinski definition) is 3. The van der Waals surface area contributed by atoms with E-state index < -0.39 is 11.3 Å². The second kappa shape index (κ2) is 6.51. The van der Waals surface area contributed by atoms with Gasteiger partial charge in [-0.05, 0) is 24.0 Å². The number of hydrogen-bond donors (Lipinski definition) is 1. The number of aliphatic hydroxyl groups excluding tert-OH is 1. The maximum absolute atomic E-state index is 11.1. The van der Waals surface area contributed by atoms with Gasteiger partial charge in [0.2, 0.25) is 0 Å². The summed E-state index contributed by atoms with van der Waals surface area (Å²) in [6, 6.07) is 7.66. The van der Waals surface area contributed by atoms with Crippen LogP contribution in [0.4, 0.5) is 0 Å². The topological polar surface area (TPSA) is 46.5 Å². The Bertz CT molecular complexity index is 335. The van der Waals surface area contributed by atoms with Crippen LogP contribution in [0, 0.1) is 0 Å².